The molecule has 0 bridgehead atoms. The van der Waals surface area contributed by atoms with E-state index in [0.29, 0.717) is 19.3 Å². The topological polar surface area (TPSA) is 54.9 Å². The maximum Gasteiger partial charge on any atom is 0.191 e. The molecule has 0 unspecified atom stereocenters. The van der Waals surface area contributed by atoms with Gasteiger partial charge < -0.3 is 20.1 Å². The van der Waals surface area contributed by atoms with Gasteiger partial charge in [0.25, 0.3) is 0 Å². The molecular weight excluding hydrogens is 485 g/mol. The molecule has 28 heavy (non-hydrogen) atoms. The van der Waals surface area contributed by atoms with Gasteiger partial charge in [0.05, 0.1) is 25.8 Å². The third kappa shape index (κ3) is 8.06. The van der Waals surface area contributed by atoms with Crippen molar-refractivity contribution >= 4 is 41.3 Å². The van der Waals surface area contributed by atoms with Crippen LogP contribution in [-0.4, -0.2) is 31.8 Å². The van der Waals surface area contributed by atoms with E-state index in [-0.39, 0.29) is 24.0 Å². The molecule has 154 valence electrons. The number of ether oxygens (including phenoxy) is 2. The molecular formula is C21H30IN3O2S. The summed E-state index contributed by atoms with van der Waals surface area (Å²) in [6.45, 7) is 6.63. The number of halogens is 1. The summed E-state index contributed by atoms with van der Waals surface area (Å²) in [6, 6.07) is 12.7. The lowest BCUT2D eigenvalue weighted by Gasteiger charge is -2.22. The number of thiophene rings is 1. The normalized spacial score (nSPS) is 15.1. The molecule has 2 aromatic rings. The first-order chi connectivity index (χ1) is 13.3. The van der Waals surface area contributed by atoms with Crippen molar-refractivity contribution in [3.05, 3.63) is 57.8 Å². The van der Waals surface area contributed by atoms with Crippen LogP contribution in [0.3, 0.4) is 0 Å². The van der Waals surface area contributed by atoms with Crippen LogP contribution in [-0.2, 0) is 29.2 Å². The highest BCUT2D eigenvalue weighted by Gasteiger charge is 2.14. The molecule has 1 aliphatic rings. The van der Waals surface area contributed by atoms with Crippen molar-refractivity contribution in [3.8, 4) is 0 Å². The summed E-state index contributed by atoms with van der Waals surface area (Å²) < 4.78 is 11.4. The Labute approximate surface area is 189 Å². The SMILES string of the molecule is CCNC(=NCc1cccc(COC2CCOCC2)c1)NCc1cccs1.I. The smallest absolute Gasteiger partial charge is 0.191 e. The van der Waals surface area contributed by atoms with Crippen LogP contribution >= 0.6 is 35.3 Å². The fourth-order valence-electron chi connectivity index (χ4n) is 2.97. The number of aliphatic imine (C=N–C) groups is 1. The van der Waals surface area contributed by atoms with Crippen LogP contribution in [0.1, 0.15) is 35.8 Å². The van der Waals surface area contributed by atoms with Crippen LogP contribution in [0.25, 0.3) is 0 Å². The number of nitrogens with one attached hydrogen (secondary N) is 2. The van der Waals surface area contributed by atoms with Gasteiger partial charge in [-0.1, -0.05) is 30.3 Å². The number of rotatable bonds is 8. The Hall–Kier alpha value is -1.16. The van der Waals surface area contributed by atoms with Crippen LogP contribution in [0, 0.1) is 0 Å². The minimum absolute atomic E-state index is 0. The zero-order chi connectivity index (χ0) is 18.7. The van der Waals surface area contributed by atoms with E-state index in [4.69, 9.17) is 14.5 Å². The van der Waals surface area contributed by atoms with Crippen LogP contribution in [0.4, 0.5) is 0 Å². The van der Waals surface area contributed by atoms with Gasteiger partial charge in [-0.3, -0.25) is 0 Å². The Balaban J connectivity index is 0.00000280. The van der Waals surface area contributed by atoms with E-state index in [1.807, 2.05) is 0 Å². The molecule has 1 aromatic carbocycles. The summed E-state index contributed by atoms with van der Waals surface area (Å²) in [5.74, 6) is 0.842. The average Bonchev–Trinajstić information content (AvgIpc) is 3.23. The van der Waals surface area contributed by atoms with Gasteiger partial charge in [0.15, 0.2) is 5.96 Å². The lowest BCUT2D eigenvalue weighted by Crippen LogP contribution is -2.36. The Morgan fingerprint density at radius 1 is 1.18 bits per heavy atom. The second kappa shape index (κ2) is 13.1. The van der Waals surface area contributed by atoms with Gasteiger partial charge in [0.1, 0.15) is 0 Å². The Kier molecular flexibility index (Phi) is 10.8. The second-order valence-electron chi connectivity index (χ2n) is 6.57. The Bertz CT molecular complexity index is 703. The Morgan fingerprint density at radius 2 is 2.00 bits per heavy atom. The van der Waals surface area contributed by atoms with Crippen molar-refractivity contribution in [2.45, 2.75) is 45.6 Å². The van der Waals surface area contributed by atoms with E-state index in [2.05, 4.69) is 59.3 Å². The van der Waals surface area contributed by atoms with E-state index in [9.17, 15) is 0 Å². The van der Waals surface area contributed by atoms with Gasteiger partial charge in [0.2, 0.25) is 0 Å². The number of guanidine groups is 1. The quantitative estimate of drug-likeness (QED) is 0.313. The van der Waals surface area contributed by atoms with Crippen LogP contribution in [0.2, 0.25) is 0 Å². The molecule has 1 fully saturated rings. The standard InChI is InChI=1S/C21H29N3O2S.HI/c1-2-22-21(24-15-20-7-4-12-27-20)23-14-17-5-3-6-18(13-17)16-26-19-8-10-25-11-9-19;/h3-7,12-13,19H,2,8-11,14-16H2,1H3,(H2,22,23,24);1H. The van der Waals surface area contributed by atoms with Gasteiger partial charge in [-0.2, -0.15) is 0 Å². The van der Waals surface area contributed by atoms with Crippen LogP contribution < -0.4 is 10.6 Å². The second-order valence-corrected chi connectivity index (χ2v) is 7.60. The van der Waals surface area contributed by atoms with Gasteiger partial charge in [-0.15, -0.1) is 35.3 Å². The Morgan fingerprint density at radius 3 is 2.75 bits per heavy atom. The lowest BCUT2D eigenvalue weighted by atomic mass is 10.1. The number of hydrogen-bond donors (Lipinski definition) is 2. The molecule has 0 spiro atoms. The van der Waals surface area contributed by atoms with E-state index in [1.165, 1.54) is 16.0 Å². The number of benzene rings is 1. The number of hydrogen-bond acceptors (Lipinski definition) is 4. The first-order valence-corrected chi connectivity index (χ1v) is 10.5. The summed E-state index contributed by atoms with van der Waals surface area (Å²) in [5.41, 5.74) is 2.39. The fraction of sp³-hybridized carbons (Fsp3) is 0.476. The summed E-state index contributed by atoms with van der Waals surface area (Å²) in [7, 11) is 0. The maximum atomic E-state index is 6.03. The molecule has 3 rings (SSSR count). The van der Waals surface area contributed by atoms with Gasteiger partial charge >= 0.3 is 0 Å². The molecule has 1 saturated heterocycles. The third-order valence-corrected chi connectivity index (χ3v) is 5.30. The van der Waals surface area contributed by atoms with Crippen LogP contribution in [0.15, 0.2) is 46.8 Å². The zero-order valence-corrected chi connectivity index (χ0v) is 19.5. The van der Waals surface area contributed by atoms with Crippen molar-refractivity contribution in [1.29, 1.82) is 0 Å². The van der Waals surface area contributed by atoms with Gasteiger partial charge in [-0.05, 0) is 42.3 Å². The predicted octanol–water partition coefficient (Wildman–Crippen LogP) is 4.32. The minimum Gasteiger partial charge on any atom is -0.381 e. The molecule has 1 aromatic heterocycles. The number of nitrogens with zero attached hydrogens (tertiary/aromatic N) is 1. The largest absolute Gasteiger partial charge is 0.381 e. The summed E-state index contributed by atoms with van der Waals surface area (Å²) in [5, 5.41) is 8.79. The van der Waals surface area contributed by atoms with Gasteiger partial charge in [-0.25, -0.2) is 4.99 Å². The first-order valence-electron chi connectivity index (χ1n) is 9.65. The highest BCUT2D eigenvalue weighted by molar-refractivity contribution is 14.0. The maximum absolute atomic E-state index is 6.03. The van der Waals surface area contributed by atoms with E-state index in [0.717, 1.165) is 45.1 Å². The molecule has 0 amide bonds. The minimum atomic E-state index is 0. The monoisotopic (exact) mass is 515 g/mol. The van der Waals surface area contributed by atoms with Crippen molar-refractivity contribution < 1.29 is 9.47 Å². The summed E-state index contributed by atoms with van der Waals surface area (Å²) in [6.07, 6.45) is 2.31. The van der Waals surface area contributed by atoms with Crippen molar-refractivity contribution in [1.82, 2.24) is 10.6 Å². The molecule has 0 aliphatic carbocycles. The molecule has 0 saturated carbocycles. The molecule has 0 radical (unpaired) electrons. The fourth-order valence-corrected chi connectivity index (χ4v) is 3.62. The zero-order valence-electron chi connectivity index (χ0n) is 16.4. The third-order valence-electron chi connectivity index (χ3n) is 4.42. The highest BCUT2D eigenvalue weighted by Crippen LogP contribution is 2.14. The van der Waals surface area contributed by atoms with E-state index in [1.54, 1.807) is 11.3 Å². The van der Waals surface area contributed by atoms with Crippen molar-refractivity contribution in [2.75, 3.05) is 19.8 Å². The van der Waals surface area contributed by atoms with Gasteiger partial charge in [0, 0.05) is 24.6 Å². The summed E-state index contributed by atoms with van der Waals surface area (Å²) >= 11 is 1.75. The van der Waals surface area contributed by atoms with Crippen LogP contribution in [0.5, 0.6) is 0 Å². The highest BCUT2D eigenvalue weighted by atomic mass is 127. The molecule has 1 aliphatic heterocycles. The average molecular weight is 515 g/mol. The molecule has 7 heteroatoms. The van der Waals surface area contributed by atoms with E-state index < -0.39 is 0 Å². The molecule has 2 heterocycles. The summed E-state index contributed by atoms with van der Waals surface area (Å²) in [4.78, 5) is 6.01. The first kappa shape index (κ1) is 23.1. The lowest BCUT2D eigenvalue weighted by molar-refractivity contribution is -0.0390. The predicted molar refractivity (Wildman–Crippen MR) is 126 cm³/mol. The molecule has 0 atom stereocenters. The van der Waals surface area contributed by atoms with Crippen molar-refractivity contribution in [3.63, 3.8) is 0 Å². The molecule has 5 nitrogen and oxygen atoms in total. The molecule has 2 N–H and O–H groups in total. The van der Waals surface area contributed by atoms with E-state index >= 15 is 0 Å². The van der Waals surface area contributed by atoms with Crippen molar-refractivity contribution in [2.24, 2.45) is 4.99 Å².